The summed E-state index contributed by atoms with van der Waals surface area (Å²) in [7, 11) is 1.89. The molecule has 1 N–H and O–H groups in total. The van der Waals surface area contributed by atoms with E-state index in [9.17, 15) is 0 Å². The first-order chi connectivity index (χ1) is 6.90. The van der Waals surface area contributed by atoms with Crippen molar-refractivity contribution in [1.29, 1.82) is 0 Å². The van der Waals surface area contributed by atoms with Gasteiger partial charge in [0, 0.05) is 25.3 Å². The molecule has 1 aromatic heterocycles. The highest BCUT2D eigenvalue weighted by Gasteiger charge is 2.17. The van der Waals surface area contributed by atoms with Crippen LogP contribution in [-0.4, -0.2) is 25.2 Å². The molecule has 0 aliphatic carbocycles. The zero-order chi connectivity index (χ0) is 9.80. The van der Waals surface area contributed by atoms with Gasteiger partial charge >= 0.3 is 0 Å². The Hall–Kier alpha value is -1.09. The van der Waals surface area contributed by atoms with Crippen LogP contribution in [0.4, 0.5) is 5.82 Å². The minimum atomic E-state index is 0.483. The van der Waals surface area contributed by atoms with Crippen LogP contribution < -0.4 is 5.32 Å². The van der Waals surface area contributed by atoms with E-state index < -0.39 is 0 Å². The van der Waals surface area contributed by atoms with Gasteiger partial charge < -0.3 is 10.1 Å². The van der Waals surface area contributed by atoms with Crippen molar-refractivity contribution in [2.24, 2.45) is 0 Å². The highest BCUT2D eigenvalue weighted by atomic mass is 16.5. The Labute approximate surface area is 84.5 Å². The van der Waals surface area contributed by atoms with Crippen molar-refractivity contribution in [1.82, 2.24) is 4.98 Å². The molecule has 2 rings (SSSR count). The fourth-order valence-electron chi connectivity index (χ4n) is 1.79. The fraction of sp³-hybridized carbons (Fsp3) is 0.545. The average Bonchev–Trinajstić information content (AvgIpc) is 2.30. The van der Waals surface area contributed by atoms with E-state index in [1.165, 1.54) is 6.42 Å². The van der Waals surface area contributed by atoms with Gasteiger partial charge in [-0.3, -0.25) is 0 Å². The minimum absolute atomic E-state index is 0.483. The molecule has 0 bridgehead atoms. The standard InChI is InChI=1S/C11H16N2O/c1-12-11-6-2-5-10(13-11)9-4-3-7-14-8-9/h2,5-6,9H,3-4,7-8H2,1H3,(H,12,13)/t9-/m0/s1. The van der Waals surface area contributed by atoms with E-state index in [1.54, 1.807) is 0 Å². The van der Waals surface area contributed by atoms with Gasteiger partial charge in [0.25, 0.3) is 0 Å². The minimum Gasteiger partial charge on any atom is -0.381 e. The molecule has 0 unspecified atom stereocenters. The molecule has 1 fully saturated rings. The second-order valence-electron chi connectivity index (χ2n) is 3.61. The molecule has 3 nitrogen and oxygen atoms in total. The van der Waals surface area contributed by atoms with Crippen LogP contribution in [0.5, 0.6) is 0 Å². The Bertz CT molecular complexity index is 295. The lowest BCUT2D eigenvalue weighted by Gasteiger charge is -2.21. The summed E-state index contributed by atoms with van der Waals surface area (Å²) in [4.78, 5) is 4.52. The summed E-state index contributed by atoms with van der Waals surface area (Å²) in [6, 6.07) is 6.11. The van der Waals surface area contributed by atoms with Gasteiger partial charge in [0.05, 0.1) is 6.61 Å². The van der Waals surface area contributed by atoms with Gasteiger partial charge in [0.2, 0.25) is 0 Å². The van der Waals surface area contributed by atoms with Gasteiger partial charge in [-0.25, -0.2) is 4.98 Å². The molecule has 3 heteroatoms. The van der Waals surface area contributed by atoms with Crippen molar-refractivity contribution in [3.63, 3.8) is 0 Å². The number of ether oxygens (including phenoxy) is 1. The SMILES string of the molecule is CNc1cccc([C@H]2CCCOC2)n1. The molecule has 2 heterocycles. The number of anilines is 1. The van der Waals surface area contributed by atoms with Crippen molar-refractivity contribution < 1.29 is 4.74 Å². The third-order valence-electron chi connectivity index (χ3n) is 2.61. The summed E-state index contributed by atoms with van der Waals surface area (Å²) in [5.74, 6) is 1.42. The maximum Gasteiger partial charge on any atom is 0.125 e. The monoisotopic (exact) mass is 192 g/mol. The number of aromatic nitrogens is 1. The Morgan fingerprint density at radius 1 is 1.50 bits per heavy atom. The van der Waals surface area contributed by atoms with Crippen LogP contribution >= 0.6 is 0 Å². The molecule has 0 saturated carbocycles. The predicted molar refractivity (Wildman–Crippen MR) is 56.6 cm³/mol. The first-order valence-corrected chi connectivity index (χ1v) is 5.12. The molecule has 14 heavy (non-hydrogen) atoms. The summed E-state index contributed by atoms with van der Waals surface area (Å²) >= 11 is 0. The van der Waals surface area contributed by atoms with Crippen LogP contribution in [-0.2, 0) is 4.74 Å². The summed E-state index contributed by atoms with van der Waals surface area (Å²) in [6.45, 7) is 1.72. The number of hydrogen-bond donors (Lipinski definition) is 1. The van der Waals surface area contributed by atoms with Crippen LogP contribution in [0.2, 0.25) is 0 Å². The first-order valence-electron chi connectivity index (χ1n) is 5.12. The Morgan fingerprint density at radius 2 is 2.43 bits per heavy atom. The van der Waals surface area contributed by atoms with Crippen LogP contribution in [0.25, 0.3) is 0 Å². The van der Waals surface area contributed by atoms with E-state index in [2.05, 4.69) is 16.4 Å². The quantitative estimate of drug-likeness (QED) is 0.778. The van der Waals surface area contributed by atoms with Gasteiger partial charge in [-0.05, 0) is 25.0 Å². The van der Waals surface area contributed by atoms with Gasteiger partial charge in [-0.15, -0.1) is 0 Å². The highest BCUT2D eigenvalue weighted by molar-refractivity contribution is 5.35. The molecule has 1 aromatic rings. The molecule has 1 saturated heterocycles. The van der Waals surface area contributed by atoms with Crippen molar-refractivity contribution in [2.45, 2.75) is 18.8 Å². The van der Waals surface area contributed by atoms with Gasteiger partial charge in [0.15, 0.2) is 0 Å². The largest absolute Gasteiger partial charge is 0.381 e. The predicted octanol–water partition coefficient (Wildman–Crippen LogP) is 2.02. The Balaban J connectivity index is 2.13. The fourth-order valence-corrected chi connectivity index (χ4v) is 1.79. The maximum absolute atomic E-state index is 5.45. The molecule has 76 valence electrons. The average molecular weight is 192 g/mol. The van der Waals surface area contributed by atoms with Crippen LogP contribution in [0.3, 0.4) is 0 Å². The van der Waals surface area contributed by atoms with E-state index in [0.29, 0.717) is 5.92 Å². The molecule has 1 aliphatic rings. The first kappa shape index (κ1) is 9.46. The lowest BCUT2D eigenvalue weighted by atomic mass is 9.98. The summed E-state index contributed by atoms with van der Waals surface area (Å²) in [5, 5.41) is 3.05. The molecular formula is C11H16N2O. The number of rotatable bonds is 2. The number of nitrogens with zero attached hydrogens (tertiary/aromatic N) is 1. The van der Waals surface area contributed by atoms with E-state index in [-0.39, 0.29) is 0 Å². The highest BCUT2D eigenvalue weighted by Crippen LogP contribution is 2.24. The van der Waals surface area contributed by atoms with Crippen molar-refractivity contribution in [2.75, 3.05) is 25.6 Å². The third-order valence-corrected chi connectivity index (χ3v) is 2.61. The molecular weight excluding hydrogens is 176 g/mol. The molecule has 0 radical (unpaired) electrons. The van der Waals surface area contributed by atoms with Crippen LogP contribution in [0.15, 0.2) is 18.2 Å². The van der Waals surface area contributed by atoms with E-state index in [0.717, 1.165) is 31.1 Å². The Kier molecular flexibility index (Phi) is 2.99. The Morgan fingerprint density at radius 3 is 3.14 bits per heavy atom. The van der Waals surface area contributed by atoms with Crippen molar-refractivity contribution >= 4 is 5.82 Å². The second kappa shape index (κ2) is 4.42. The topological polar surface area (TPSA) is 34.1 Å². The molecule has 1 aliphatic heterocycles. The van der Waals surface area contributed by atoms with Gasteiger partial charge in [0.1, 0.15) is 5.82 Å². The molecule has 0 aromatic carbocycles. The van der Waals surface area contributed by atoms with Gasteiger partial charge in [-0.1, -0.05) is 6.07 Å². The molecule has 0 spiro atoms. The van der Waals surface area contributed by atoms with E-state index in [1.807, 2.05) is 19.2 Å². The van der Waals surface area contributed by atoms with E-state index >= 15 is 0 Å². The summed E-state index contributed by atoms with van der Waals surface area (Å²) in [6.07, 6.45) is 2.34. The lowest BCUT2D eigenvalue weighted by Crippen LogP contribution is -2.16. The molecule has 1 atom stereocenters. The zero-order valence-electron chi connectivity index (χ0n) is 8.49. The normalized spacial score (nSPS) is 21.9. The lowest BCUT2D eigenvalue weighted by molar-refractivity contribution is 0.0793. The summed E-state index contributed by atoms with van der Waals surface area (Å²) < 4.78 is 5.45. The van der Waals surface area contributed by atoms with E-state index in [4.69, 9.17) is 4.74 Å². The van der Waals surface area contributed by atoms with Crippen LogP contribution in [0, 0.1) is 0 Å². The molecule has 0 amide bonds. The van der Waals surface area contributed by atoms with Crippen molar-refractivity contribution in [3.8, 4) is 0 Å². The third kappa shape index (κ3) is 2.04. The number of hydrogen-bond acceptors (Lipinski definition) is 3. The zero-order valence-corrected chi connectivity index (χ0v) is 8.49. The van der Waals surface area contributed by atoms with Crippen LogP contribution in [0.1, 0.15) is 24.5 Å². The van der Waals surface area contributed by atoms with Crippen molar-refractivity contribution in [3.05, 3.63) is 23.9 Å². The second-order valence-corrected chi connectivity index (χ2v) is 3.61. The summed E-state index contributed by atoms with van der Waals surface area (Å²) in [5.41, 5.74) is 1.15. The number of nitrogens with one attached hydrogen (secondary N) is 1. The maximum atomic E-state index is 5.45. The smallest absolute Gasteiger partial charge is 0.125 e. The van der Waals surface area contributed by atoms with Gasteiger partial charge in [-0.2, -0.15) is 0 Å². The number of pyridine rings is 1.